The number of pyridine rings is 1. The number of nitrogens with one attached hydrogen (secondary N) is 1. The normalized spacial score (nSPS) is 13.8. The Morgan fingerprint density at radius 3 is 2.50 bits per heavy atom. The van der Waals surface area contributed by atoms with Crippen molar-refractivity contribution in [1.29, 1.82) is 0 Å². The first kappa shape index (κ1) is 19.6. The molecule has 30 heavy (non-hydrogen) atoms. The van der Waals surface area contributed by atoms with Gasteiger partial charge >= 0.3 is 0 Å². The Morgan fingerprint density at radius 1 is 1.17 bits per heavy atom. The summed E-state index contributed by atoms with van der Waals surface area (Å²) in [7, 11) is 0. The van der Waals surface area contributed by atoms with Crippen molar-refractivity contribution in [3.05, 3.63) is 87.9 Å². The van der Waals surface area contributed by atoms with Crippen molar-refractivity contribution in [2.45, 2.75) is 32.7 Å². The van der Waals surface area contributed by atoms with E-state index in [4.69, 9.17) is 0 Å². The van der Waals surface area contributed by atoms with Crippen molar-refractivity contribution in [3.63, 3.8) is 0 Å². The van der Waals surface area contributed by atoms with Gasteiger partial charge in [0.15, 0.2) is 0 Å². The molecule has 6 heteroatoms. The number of hydrogen-bond donors (Lipinski definition) is 1. The summed E-state index contributed by atoms with van der Waals surface area (Å²) in [6, 6.07) is 12.7. The average Bonchev–Trinajstić information content (AvgIpc) is 3.57. The maximum atomic E-state index is 12.8. The van der Waals surface area contributed by atoms with Gasteiger partial charge in [-0.15, -0.1) is 0 Å². The molecule has 0 unspecified atom stereocenters. The molecule has 1 fully saturated rings. The first-order valence-corrected chi connectivity index (χ1v) is 9.94. The Kier molecular flexibility index (Phi) is 5.44. The van der Waals surface area contributed by atoms with Crippen molar-refractivity contribution in [2.75, 3.05) is 5.32 Å². The van der Waals surface area contributed by atoms with Crippen molar-refractivity contribution >= 4 is 11.6 Å². The maximum absolute atomic E-state index is 12.8. The molecular formula is C24H22N4O2. The van der Waals surface area contributed by atoms with E-state index in [1.54, 1.807) is 16.7 Å². The number of benzene rings is 1. The van der Waals surface area contributed by atoms with E-state index in [-0.39, 0.29) is 17.4 Å². The van der Waals surface area contributed by atoms with Gasteiger partial charge in [0.1, 0.15) is 0 Å². The van der Waals surface area contributed by atoms with Crippen LogP contribution in [0.1, 0.15) is 53.2 Å². The van der Waals surface area contributed by atoms with Gasteiger partial charge in [-0.25, -0.2) is 9.97 Å². The second kappa shape index (κ2) is 8.34. The fourth-order valence-electron chi connectivity index (χ4n) is 3.29. The number of carbonyl (C=O) groups is 1. The van der Waals surface area contributed by atoms with Crippen molar-refractivity contribution < 1.29 is 4.79 Å². The Hall–Kier alpha value is -3.72. The highest BCUT2D eigenvalue weighted by molar-refractivity contribution is 6.01. The predicted molar refractivity (Wildman–Crippen MR) is 115 cm³/mol. The molecule has 0 radical (unpaired) electrons. The Morgan fingerprint density at radius 2 is 1.87 bits per heavy atom. The highest BCUT2D eigenvalue weighted by Gasteiger charge is 2.18. The van der Waals surface area contributed by atoms with Crippen LogP contribution in [-0.4, -0.2) is 20.4 Å². The summed E-state index contributed by atoms with van der Waals surface area (Å²) in [4.78, 5) is 32.9. The SMILES string of the molecule is Cc1cc(NC(=O)c2ncccn2)cc(=O)n1[C@H](C)c1ccc(C#CC2CC2)cc1. The third-order valence-electron chi connectivity index (χ3n) is 5.07. The molecule has 3 aromatic rings. The topological polar surface area (TPSA) is 76.9 Å². The molecule has 1 N–H and O–H groups in total. The van der Waals surface area contributed by atoms with E-state index in [9.17, 15) is 9.59 Å². The van der Waals surface area contributed by atoms with Gasteiger partial charge in [-0.3, -0.25) is 9.59 Å². The molecule has 1 amide bonds. The molecule has 1 saturated carbocycles. The first-order chi connectivity index (χ1) is 14.5. The summed E-state index contributed by atoms with van der Waals surface area (Å²) < 4.78 is 1.71. The smallest absolute Gasteiger partial charge is 0.293 e. The summed E-state index contributed by atoms with van der Waals surface area (Å²) >= 11 is 0. The number of anilines is 1. The van der Waals surface area contributed by atoms with E-state index in [1.165, 1.54) is 31.3 Å². The minimum absolute atomic E-state index is 0.0533. The number of aromatic nitrogens is 3. The van der Waals surface area contributed by atoms with Crippen LogP contribution in [0.15, 0.2) is 59.7 Å². The Bertz CT molecular complexity index is 1180. The molecule has 6 nitrogen and oxygen atoms in total. The number of carbonyl (C=O) groups excluding carboxylic acids is 1. The quantitative estimate of drug-likeness (QED) is 0.682. The molecule has 1 aliphatic carbocycles. The van der Waals surface area contributed by atoms with Crippen molar-refractivity contribution in [3.8, 4) is 11.8 Å². The zero-order valence-corrected chi connectivity index (χ0v) is 16.9. The Labute approximate surface area is 175 Å². The first-order valence-electron chi connectivity index (χ1n) is 9.94. The number of nitrogens with zero attached hydrogens (tertiary/aromatic N) is 3. The fourth-order valence-corrected chi connectivity index (χ4v) is 3.29. The molecular weight excluding hydrogens is 376 g/mol. The van der Waals surface area contributed by atoms with E-state index in [2.05, 4.69) is 27.1 Å². The summed E-state index contributed by atoms with van der Waals surface area (Å²) in [5, 5.41) is 2.69. The maximum Gasteiger partial charge on any atom is 0.293 e. The van der Waals surface area contributed by atoms with Crippen LogP contribution in [0.25, 0.3) is 0 Å². The molecule has 150 valence electrons. The van der Waals surface area contributed by atoms with Gasteiger partial charge in [0.25, 0.3) is 11.5 Å². The molecule has 1 aromatic carbocycles. The van der Waals surface area contributed by atoms with E-state index in [0.29, 0.717) is 11.6 Å². The number of aryl methyl sites for hydroxylation is 1. The molecule has 2 heterocycles. The van der Waals surface area contributed by atoms with Crippen LogP contribution in [0.5, 0.6) is 0 Å². The zero-order valence-electron chi connectivity index (χ0n) is 16.9. The summed E-state index contributed by atoms with van der Waals surface area (Å²) in [6.07, 6.45) is 5.41. The minimum atomic E-state index is -0.455. The molecule has 0 aliphatic heterocycles. The molecule has 1 atom stereocenters. The van der Waals surface area contributed by atoms with Crippen LogP contribution in [0, 0.1) is 24.7 Å². The summed E-state index contributed by atoms with van der Waals surface area (Å²) in [5.74, 6) is 6.63. The fraction of sp³-hybridized carbons (Fsp3) is 0.250. The van der Waals surface area contributed by atoms with E-state index >= 15 is 0 Å². The largest absolute Gasteiger partial charge is 0.319 e. The zero-order chi connectivity index (χ0) is 21.1. The predicted octanol–water partition coefficient (Wildman–Crippen LogP) is 3.57. The molecule has 1 aliphatic rings. The van der Waals surface area contributed by atoms with Gasteiger partial charge in [0, 0.05) is 41.3 Å². The van der Waals surface area contributed by atoms with Crippen LogP contribution < -0.4 is 10.9 Å². The van der Waals surface area contributed by atoms with Crippen molar-refractivity contribution in [2.24, 2.45) is 5.92 Å². The number of amides is 1. The highest BCUT2D eigenvalue weighted by Crippen LogP contribution is 2.27. The van der Waals surface area contributed by atoms with Gasteiger partial charge in [-0.05, 0) is 56.5 Å². The van der Waals surface area contributed by atoms with Crippen LogP contribution >= 0.6 is 0 Å². The average molecular weight is 398 g/mol. The second-order valence-corrected chi connectivity index (χ2v) is 7.46. The van der Waals surface area contributed by atoms with Gasteiger partial charge in [-0.1, -0.05) is 24.0 Å². The van der Waals surface area contributed by atoms with Crippen molar-refractivity contribution in [1.82, 2.24) is 14.5 Å². The molecule has 2 aromatic heterocycles. The molecule has 0 bridgehead atoms. The van der Waals surface area contributed by atoms with E-state index in [1.807, 2.05) is 38.1 Å². The molecule has 0 spiro atoms. The summed E-state index contributed by atoms with van der Waals surface area (Å²) in [5.41, 5.74) is 2.99. The van der Waals surface area contributed by atoms with Crippen LogP contribution in [0.2, 0.25) is 0 Å². The number of hydrogen-bond acceptors (Lipinski definition) is 4. The van der Waals surface area contributed by atoms with Gasteiger partial charge in [-0.2, -0.15) is 0 Å². The standard InChI is InChI=1S/C24H22N4O2/c1-16-14-21(27-24(30)23-25-12-3-13-26-23)15-22(29)28(16)17(2)20-10-8-19(9-11-20)7-6-18-4-5-18/h3,8-15,17-18H,4-5H2,1-2H3,(H,27,30)/t17-/m1/s1. The van der Waals surface area contributed by atoms with E-state index < -0.39 is 5.91 Å². The molecule has 4 rings (SSSR count). The Balaban J connectivity index is 1.53. The van der Waals surface area contributed by atoms with Crippen LogP contribution in [-0.2, 0) is 0 Å². The van der Waals surface area contributed by atoms with Crippen LogP contribution in [0.4, 0.5) is 5.69 Å². The monoisotopic (exact) mass is 398 g/mol. The lowest BCUT2D eigenvalue weighted by atomic mass is 10.1. The highest BCUT2D eigenvalue weighted by atomic mass is 16.2. The third kappa shape index (κ3) is 4.47. The molecule has 0 saturated heterocycles. The lowest BCUT2D eigenvalue weighted by Crippen LogP contribution is -2.26. The number of rotatable bonds is 4. The van der Waals surface area contributed by atoms with Gasteiger partial charge in [0.05, 0.1) is 6.04 Å². The lowest BCUT2D eigenvalue weighted by Gasteiger charge is -2.19. The van der Waals surface area contributed by atoms with Gasteiger partial charge < -0.3 is 9.88 Å². The third-order valence-corrected chi connectivity index (χ3v) is 5.07. The van der Waals surface area contributed by atoms with E-state index in [0.717, 1.165) is 16.8 Å². The lowest BCUT2D eigenvalue weighted by molar-refractivity contribution is 0.101. The summed E-state index contributed by atoms with van der Waals surface area (Å²) in [6.45, 7) is 3.83. The van der Waals surface area contributed by atoms with Gasteiger partial charge in [0.2, 0.25) is 5.82 Å². The second-order valence-electron chi connectivity index (χ2n) is 7.46. The minimum Gasteiger partial charge on any atom is -0.319 e. The van der Waals surface area contributed by atoms with Crippen LogP contribution in [0.3, 0.4) is 0 Å².